The molecular weight excluding hydrogens is 260 g/mol. The molecule has 0 atom stereocenters. The fraction of sp³-hybridized carbons (Fsp3) is 0.389. The lowest BCUT2D eigenvalue weighted by Gasteiger charge is -2.21. The fourth-order valence-electron chi connectivity index (χ4n) is 2.49. The molecule has 0 saturated carbocycles. The third-order valence-corrected chi connectivity index (χ3v) is 3.66. The highest BCUT2D eigenvalue weighted by Gasteiger charge is 2.20. The van der Waals surface area contributed by atoms with Crippen molar-refractivity contribution in [3.8, 4) is 11.3 Å². The first-order valence-corrected chi connectivity index (χ1v) is 7.45. The number of hydrogen-bond acceptors (Lipinski definition) is 2. The van der Waals surface area contributed by atoms with Crippen LogP contribution < -0.4 is 11.3 Å². The molecule has 21 heavy (non-hydrogen) atoms. The number of nitrogens with zero attached hydrogens (tertiary/aromatic N) is 1. The Morgan fingerprint density at radius 2 is 1.71 bits per heavy atom. The summed E-state index contributed by atoms with van der Waals surface area (Å²) in [5.74, 6) is 0. The highest BCUT2D eigenvalue weighted by Crippen LogP contribution is 2.21. The first-order chi connectivity index (χ1) is 9.84. The summed E-state index contributed by atoms with van der Waals surface area (Å²) in [5.41, 5.74) is 9.39. The largest absolute Gasteiger partial charge is 0.322 e. The Labute approximate surface area is 126 Å². The molecule has 2 rings (SSSR count). The lowest BCUT2D eigenvalue weighted by atomic mass is 9.96. The molecular formula is C18H24N2O. The second-order valence-corrected chi connectivity index (χ2v) is 6.18. The maximum absolute atomic E-state index is 12.7. The van der Waals surface area contributed by atoms with Gasteiger partial charge in [-0.15, -0.1) is 0 Å². The van der Waals surface area contributed by atoms with Gasteiger partial charge in [-0.1, -0.05) is 36.8 Å². The van der Waals surface area contributed by atoms with Crippen LogP contribution in [0.25, 0.3) is 11.3 Å². The van der Waals surface area contributed by atoms with Crippen LogP contribution in [0.2, 0.25) is 0 Å². The molecule has 1 heterocycles. The summed E-state index contributed by atoms with van der Waals surface area (Å²) in [4.78, 5) is 12.7. The van der Waals surface area contributed by atoms with Gasteiger partial charge in [0.05, 0.1) is 5.69 Å². The summed E-state index contributed by atoms with van der Waals surface area (Å²) in [5, 5.41) is 0. The van der Waals surface area contributed by atoms with Crippen molar-refractivity contribution in [3.63, 3.8) is 0 Å². The normalized spacial score (nSPS) is 11.7. The quantitative estimate of drug-likeness (QED) is 0.935. The molecule has 0 unspecified atom stereocenters. The van der Waals surface area contributed by atoms with Crippen molar-refractivity contribution in [2.24, 2.45) is 5.73 Å². The first kappa shape index (κ1) is 15.5. The molecule has 3 nitrogen and oxygen atoms in total. The first-order valence-electron chi connectivity index (χ1n) is 7.45. The summed E-state index contributed by atoms with van der Waals surface area (Å²) < 4.78 is 1.84. The molecule has 3 heteroatoms. The van der Waals surface area contributed by atoms with E-state index in [1.807, 2.05) is 30.5 Å². The Hall–Kier alpha value is -1.87. The van der Waals surface area contributed by atoms with E-state index in [0.29, 0.717) is 12.1 Å². The summed E-state index contributed by atoms with van der Waals surface area (Å²) in [6.07, 6.45) is 0.910. The van der Waals surface area contributed by atoms with Gasteiger partial charge in [-0.05, 0) is 44.9 Å². The molecule has 1 aromatic heterocycles. The molecule has 2 N–H and O–H groups in total. The van der Waals surface area contributed by atoms with Crippen molar-refractivity contribution in [1.29, 1.82) is 0 Å². The van der Waals surface area contributed by atoms with E-state index in [1.54, 1.807) is 0 Å². The van der Waals surface area contributed by atoms with E-state index in [9.17, 15) is 4.79 Å². The molecule has 0 radical (unpaired) electrons. The van der Waals surface area contributed by atoms with Crippen LogP contribution in [0.1, 0.15) is 38.3 Å². The van der Waals surface area contributed by atoms with Gasteiger partial charge in [0.25, 0.3) is 5.56 Å². The third kappa shape index (κ3) is 3.24. The van der Waals surface area contributed by atoms with E-state index >= 15 is 0 Å². The van der Waals surface area contributed by atoms with Crippen LogP contribution in [0.3, 0.4) is 0 Å². The lowest BCUT2D eigenvalue weighted by molar-refractivity contribution is 0.532. The number of aromatic nitrogens is 1. The minimum atomic E-state index is -0.627. The van der Waals surface area contributed by atoms with Gasteiger partial charge in [0.15, 0.2) is 0 Å². The fourth-order valence-corrected chi connectivity index (χ4v) is 2.49. The average molecular weight is 284 g/mol. The van der Waals surface area contributed by atoms with E-state index in [-0.39, 0.29) is 5.56 Å². The van der Waals surface area contributed by atoms with Gasteiger partial charge in [0.2, 0.25) is 0 Å². The van der Waals surface area contributed by atoms with Gasteiger partial charge in [-0.2, -0.15) is 0 Å². The molecule has 0 bridgehead atoms. The van der Waals surface area contributed by atoms with Crippen molar-refractivity contribution in [2.45, 2.75) is 46.2 Å². The van der Waals surface area contributed by atoms with E-state index in [2.05, 4.69) is 38.1 Å². The van der Waals surface area contributed by atoms with E-state index in [0.717, 1.165) is 17.7 Å². The SMILES string of the molecule is CCCn1c(-c2ccc(C)cc2)ccc(C(C)(C)N)c1=O. The summed E-state index contributed by atoms with van der Waals surface area (Å²) >= 11 is 0. The molecule has 0 saturated heterocycles. The van der Waals surface area contributed by atoms with Crippen LogP contribution in [0.15, 0.2) is 41.2 Å². The zero-order valence-electron chi connectivity index (χ0n) is 13.3. The molecule has 0 fully saturated rings. The molecule has 0 amide bonds. The van der Waals surface area contributed by atoms with Gasteiger partial charge in [-0.3, -0.25) is 4.79 Å². The summed E-state index contributed by atoms with van der Waals surface area (Å²) in [7, 11) is 0. The number of aryl methyl sites for hydroxylation is 1. The minimum Gasteiger partial charge on any atom is -0.322 e. The molecule has 0 aliphatic rings. The zero-order chi connectivity index (χ0) is 15.6. The second kappa shape index (κ2) is 5.86. The van der Waals surface area contributed by atoms with Crippen LogP contribution >= 0.6 is 0 Å². The van der Waals surface area contributed by atoms with E-state index < -0.39 is 5.54 Å². The van der Waals surface area contributed by atoms with E-state index in [4.69, 9.17) is 5.73 Å². The smallest absolute Gasteiger partial charge is 0.256 e. The lowest BCUT2D eigenvalue weighted by Crippen LogP contribution is -2.38. The summed E-state index contributed by atoms with van der Waals surface area (Å²) in [6, 6.07) is 12.1. The topological polar surface area (TPSA) is 48.0 Å². The monoisotopic (exact) mass is 284 g/mol. The van der Waals surface area contributed by atoms with Gasteiger partial charge in [0.1, 0.15) is 0 Å². The van der Waals surface area contributed by atoms with Crippen LogP contribution in [-0.2, 0) is 12.1 Å². The Kier molecular flexibility index (Phi) is 4.33. The highest BCUT2D eigenvalue weighted by molar-refractivity contribution is 5.60. The van der Waals surface area contributed by atoms with Gasteiger partial charge < -0.3 is 10.3 Å². The van der Waals surface area contributed by atoms with Gasteiger partial charge in [0, 0.05) is 17.6 Å². The average Bonchev–Trinajstić information content (AvgIpc) is 2.41. The number of hydrogen-bond donors (Lipinski definition) is 1. The standard InChI is InChI=1S/C18H24N2O/c1-5-12-20-16(14-8-6-13(2)7-9-14)11-10-15(17(20)21)18(3,4)19/h6-11H,5,12,19H2,1-4H3. The molecule has 0 aliphatic heterocycles. The summed E-state index contributed by atoms with van der Waals surface area (Å²) in [6.45, 7) is 8.57. The second-order valence-electron chi connectivity index (χ2n) is 6.18. The van der Waals surface area contributed by atoms with Gasteiger partial charge >= 0.3 is 0 Å². The maximum atomic E-state index is 12.7. The zero-order valence-corrected chi connectivity index (χ0v) is 13.3. The Morgan fingerprint density at radius 1 is 1.10 bits per heavy atom. The maximum Gasteiger partial charge on any atom is 0.256 e. The Balaban J connectivity index is 2.65. The van der Waals surface area contributed by atoms with Crippen LogP contribution in [0.4, 0.5) is 0 Å². The van der Waals surface area contributed by atoms with Crippen LogP contribution in [-0.4, -0.2) is 4.57 Å². The predicted octanol–water partition coefficient (Wildman–Crippen LogP) is 3.43. The number of benzene rings is 1. The predicted molar refractivity (Wildman–Crippen MR) is 88.4 cm³/mol. The molecule has 2 aromatic rings. The van der Waals surface area contributed by atoms with Crippen molar-refractivity contribution >= 4 is 0 Å². The molecule has 0 spiro atoms. The highest BCUT2D eigenvalue weighted by atomic mass is 16.1. The number of nitrogens with two attached hydrogens (primary N) is 1. The Morgan fingerprint density at radius 3 is 2.24 bits per heavy atom. The van der Waals surface area contributed by atoms with Crippen molar-refractivity contribution in [1.82, 2.24) is 4.57 Å². The van der Waals surface area contributed by atoms with Crippen molar-refractivity contribution in [2.75, 3.05) is 0 Å². The molecule has 1 aromatic carbocycles. The molecule has 112 valence electrons. The number of rotatable bonds is 4. The van der Waals surface area contributed by atoms with E-state index in [1.165, 1.54) is 5.56 Å². The van der Waals surface area contributed by atoms with Crippen LogP contribution in [0.5, 0.6) is 0 Å². The minimum absolute atomic E-state index is 0.0161. The van der Waals surface area contributed by atoms with Crippen LogP contribution in [0, 0.1) is 6.92 Å². The third-order valence-electron chi connectivity index (χ3n) is 3.66. The van der Waals surface area contributed by atoms with Crippen molar-refractivity contribution < 1.29 is 0 Å². The number of pyridine rings is 1. The Bertz CT molecular complexity index is 676. The van der Waals surface area contributed by atoms with Crippen molar-refractivity contribution in [3.05, 3.63) is 57.9 Å². The molecule has 0 aliphatic carbocycles. The van der Waals surface area contributed by atoms with Gasteiger partial charge in [-0.25, -0.2) is 0 Å².